The summed E-state index contributed by atoms with van der Waals surface area (Å²) in [6.07, 6.45) is 3.57. The van der Waals surface area contributed by atoms with Crippen molar-refractivity contribution in [3.05, 3.63) is 35.9 Å². The number of hydrogen-bond donors (Lipinski definition) is 1. The van der Waals surface area contributed by atoms with Crippen molar-refractivity contribution in [3.8, 4) is 17.3 Å². The van der Waals surface area contributed by atoms with Gasteiger partial charge >= 0.3 is 0 Å². The first-order chi connectivity index (χ1) is 14.4. The third-order valence-corrected chi connectivity index (χ3v) is 6.03. The Balaban J connectivity index is 1.59. The summed E-state index contributed by atoms with van der Waals surface area (Å²) >= 11 is 0. The van der Waals surface area contributed by atoms with Gasteiger partial charge in [-0.3, -0.25) is 0 Å². The van der Waals surface area contributed by atoms with Gasteiger partial charge in [-0.2, -0.15) is 5.21 Å². The minimum Gasteiger partial charge on any atom is -0.493 e. The van der Waals surface area contributed by atoms with Crippen molar-refractivity contribution in [1.82, 2.24) is 30.8 Å². The molecule has 0 aliphatic heterocycles. The maximum Gasteiger partial charge on any atom is 0.224 e. The normalized spacial score (nSPS) is 13.9. The minimum atomic E-state index is -3.32. The molecular formula is C19H23N7O3S. The van der Waals surface area contributed by atoms with E-state index in [-0.39, 0.29) is 4.90 Å². The maximum absolute atomic E-state index is 12.1. The van der Waals surface area contributed by atoms with Gasteiger partial charge in [-0.25, -0.2) is 8.42 Å². The number of sulfone groups is 1. The number of H-pyrrole nitrogens is 1. The van der Waals surface area contributed by atoms with Gasteiger partial charge in [0.05, 0.1) is 11.5 Å². The molecule has 11 heteroatoms. The van der Waals surface area contributed by atoms with Crippen LogP contribution in [0.25, 0.3) is 11.5 Å². The van der Waals surface area contributed by atoms with E-state index in [1.807, 2.05) is 17.9 Å². The van der Waals surface area contributed by atoms with Gasteiger partial charge < -0.3 is 9.64 Å². The van der Waals surface area contributed by atoms with Crippen molar-refractivity contribution >= 4 is 15.7 Å². The summed E-state index contributed by atoms with van der Waals surface area (Å²) in [6.45, 7) is 3.74. The van der Waals surface area contributed by atoms with E-state index in [9.17, 15) is 8.42 Å². The summed E-state index contributed by atoms with van der Waals surface area (Å²) in [5.74, 6) is 2.32. The second kappa shape index (κ2) is 8.34. The molecule has 0 unspecified atom stereocenters. The summed E-state index contributed by atoms with van der Waals surface area (Å²) in [7, 11) is -3.32. The Morgan fingerprint density at radius 3 is 2.60 bits per heavy atom. The Hall–Kier alpha value is -3.08. The molecule has 0 atom stereocenters. The number of tetrazole rings is 1. The molecule has 0 radical (unpaired) electrons. The Kier molecular flexibility index (Phi) is 5.62. The average molecular weight is 430 g/mol. The average Bonchev–Trinajstić information content (AvgIpc) is 3.41. The minimum absolute atomic E-state index is 0.269. The van der Waals surface area contributed by atoms with Crippen molar-refractivity contribution in [2.75, 3.05) is 24.3 Å². The molecular weight excluding hydrogens is 406 g/mol. The molecule has 0 spiro atoms. The molecule has 0 amide bonds. The van der Waals surface area contributed by atoms with E-state index < -0.39 is 9.84 Å². The number of hydrogen-bond acceptors (Lipinski definition) is 9. The summed E-state index contributed by atoms with van der Waals surface area (Å²) < 4.78 is 30.1. The van der Waals surface area contributed by atoms with E-state index in [4.69, 9.17) is 4.74 Å². The predicted octanol–water partition coefficient (Wildman–Crippen LogP) is 1.88. The number of rotatable bonds is 9. The summed E-state index contributed by atoms with van der Waals surface area (Å²) in [4.78, 5) is 2.27. The highest BCUT2D eigenvalue weighted by molar-refractivity contribution is 7.90. The van der Waals surface area contributed by atoms with Crippen LogP contribution in [0.4, 0.5) is 5.82 Å². The first-order valence-corrected chi connectivity index (χ1v) is 11.6. The molecule has 2 heterocycles. The van der Waals surface area contributed by atoms with Gasteiger partial charge in [-0.1, -0.05) is 0 Å². The van der Waals surface area contributed by atoms with Crippen LogP contribution in [0.3, 0.4) is 0 Å². The molecule has 1 aliphatic carbocycles. The molecule has 30 heavy (non-hydrogen) atoms. The van der Waals surface area contributed by atoms with Crippen molar-refractivity contribution < 1.29 is 13.2 Å². The van der Waals surface area contributed by atoms with Crippen LogP contribution in [-0.4, -0.2) is 58.6 Å². The molecule has 10 nitrogen and oxygen atoms in total. The van der Waals surface area contributed by atoms with Crippen LogP contribution < -0.4 is 9.64 Å². The van der Waals surface area contributed by atoms with E-state index in [1.54, 1.807) is 24.3 Å². The molecule has 3 aromatic rings. The van der Waals surface area contributed by atoms with Crippen LogP contribution in [0.2, 0.25) is 0 Å². The molecule has 0 bridgehead atoms. The van der Waals surface area contributed by atoms with Crippen molar-refractivity contribution in [1.29, 1.82) is 0 Å². The Morgan fingerprint density at radius 2 is 2.00 bits per heavy atom. The van der Waals surface area contributed by atoms with E-state index >= 15 is 0 Å². The van der Waals surface area contributed by atoms with Crippen LogP contribution in [-0.2, 0) is 16.4 Å². The molecule has 1 aliphatic rings. The van der Waals surface area contributed by atoms with Gasteiger partial charge in [-0.05, 0) is 61.2 Å². The standard InChI is InChI=1S/C19H23N7O3S/c1-3-26(18-9-7-16(20-21-18)19-22-24-25-23-19)11-14-10-15(30(2,27)28)6-8-17(14)29-12-13-4-5-13/h6-10,13H,3-5,11-12H2,1-2H3,(H,22,23,24,25). The van der Waals surface area contributed by atoms with Crippen molar-refractivity contribution in [3.63, 3.8) is 0 Å². The van der Waals surface area contributed by atoms with Crippen molar-refractivity contribution in [2.24, 2.45) is 5.92 Å². The number of aromatic amines is 1. The highest BCUT2D eigenvalue weighted by Crippen LogP contribution is 2.32. The largest absolute Gasteiger partial charge is 0.493 e. The second-order valence-corrected chi connectivity index (χ2v) is 9.34. The molecule has 1 aromatic carbocycles. The number of ether oxygens (including phenoxy) is 1. The summed E-state index contributed by atoms with van der Waals surface area (Å²) in [5.41, 5.74) is 1.31. The van der Waals surface area contributed by atoms with Gasteiger partial charge in [0.15, 0.2) is 15.7 Å². The first kappa shape index (κ1) is 20.2. The summed E-state index contributed by atoms with van der Waals surface area (Å²) in [6, 6.07) is 8.62. The zero-order valence-electron chi connectivity index (χ0n) is 16.8. The lowest BCUT2D eigenvalue weighted by molar-refractivity contribution is 0.296. The molecule has 1 fully saturated rings. The second-order valence-electron chi connectivity index (χ2n) is 7.32. The van der Waals surface area contributed by atoms with Gasteiger partial charge in [0, 0.05) is 24.9 Å². The molecule has 1 N–H and O–H groups in total. The first-order valence-electron chi connectivity index (χ1n) is 9.72. The lowest BCUT2D eigenvalue weighted by atomic mass is 10.2. The quantitative estimate of drug-likeness (QED) is 0.542. The predicted molar refractivity (Wildman–Crippen MR) is 110 cm³/mol. The Bertz CT molecular complexity index is 1100. The van der Waals surface area contributed by atoms with Crippen molar-refractivity contribution in [2.45, 2.75) is 31.2 Å². The van der Waals surface area contributed by atoms with Gasteiger partial charge in [0.1, 0.15) is 11.4 Å². The molecule has 158 valence electrons. The Morgan fingerprint density at radius 1 is 1.17 bits per heavy atom. The zero-order valence-corrected chi connectivity index (χ0v) is 17.6. The van der Waals surface area contributed by atoms with Crippen LogP contribution in [0.1, 0.15) is 25.3 Å². The SMILES string of the molecule is CCN(Cc1cc(S(C)(=O)=O)ccc1OCC1CC1)c1ccc(-c2nn[nH]n2)nn1. The van der Waals surface area contributed by atoms with Crippen LogP contribution >= 0.6 is 0 Å². The van der Waals surface area contributed by atoms with Gasteiger partial charge in [-0.15, -0.1) is 20.4 Å². The fraction of sp³-hybridized carbons (Fsp3) is 0.421. The third kappa shape index (κ3) is 4.73. The van der Waals surface area contributed by atoms with E-state index in [0.717, 1.165) is 5.56 Å². The van der Waals surface area contributed by atoms with Crippen LogP contribution in [0.15, 0.2) is 35.2 Å². The maximum atomic E-state index is 12.1. The third-order valence-electron chi connectivity index (χ3n) is 4.92. The monoisotopic (exact) mass is 429 g/mol. The highest BCUT2D eigenvalue weighted by atomic mass is 32.2. The number of nitrogens with one attached hydrogen (secondary N) is 1. The number of aromatic nitrogens is 6. The van der Waals surface area contributed by atoms with E-state index in [1.165, 1.54) is 19.1 Å². The van der Waals surface area contributed by atoms with E-state index in [0.29, 0.717) is 48.7 Å². The number of anilines is 1. The fourth-order valence-corrected chi connectivity index (χ4v) is 3.66. The van der Waals surface area contributed by atoms with E-state index in [2.05, 4.69) is 30.8 Å². The molecule has 4 rings (SSSR count). The van der Waals surface area contributed by atoms with Crippen LogP contribution in [0.5, 0.6) is 5.75 Å². The number of nitrogens with zero attached hydrogens (tertiary/aromatic N) is 6. The van der Waals surface area contributed by atoms with Gasteiger partial charge in [0.25, 0.3) is 0 Å². The lowest BCUT2D eigenvalue weighted by Crippen LogP contribution is -2.24. The summed E-state index contributed by atoms with van der Waals surface area (Å²) in [5, 5.41) is 22.2. The van der Waals surface area contributed by atoms with Crippen LogP contribution in [0, 0.1) is 5.92 Å². The topological polar surface area (TPSA) is 127 Å². The molecule has 2 aromatic heterocycles. The molecule has 0 saturated heterocycles. The Labute approximate surface area is 174 Å². The van der Waals surface area contributed by atoms with Gasteiger partial charge in [0.2, 0.25) is 5.82 Å². The lowest BCUT2D eigenvalue weighted by Gasteiger charge is -2.23. The smallest absolute Gasteiger partial charge is 0.224 e. The highest BCUT2D eigenvalue weighted by Gasteiger charge is 2.23. The zero-order chi connectivity index (χ0) is 21.1. The number of benzene rings is 1. The molecule has 1 saturated carbocycles. The fourth-order valence-electron chi connectivity index (χ4n) is 2.99.